The molecule has 0 aliphatic heterocycles. The van der Waals surface area contributed by atoms with E-state index < -0.39 is 0 Å². The van der Waals surface area contributed by atoms with Crippen LogP contribution < -0.4 is 4.90 Å². The zero-order valence-electron chi connectivity index (χ0n) is 36.2. The first-order valence-corrected chi connectivity index (χ1v) is 22.5. The van der Waals surface area contributed by atoms with Crippen LogP contribution in [0.4, 0.5) is 17.1 Å². The lowest BCUT2D eigenvalue weighted by Crippen LogP contribution is -2.10. The topological polar surface area (TPSA) is 60.0 Å². The van der Waals surface area contributed by atoms with Crippen LogP contribution in [0.2, 0.25) is 0 Å². The quantitative estimate of drug-likeness (QED) is 0.152. The van der Waals surface area contributed by atoms with Crippen LogP contribution in [0, 0.1) is 0 Å². The molecule has 10 aromatic carbocycles. The van der Waals surface area contributed by atoms with Crippen molar-refractivity contribution >= 4 is 71.6 Å². The van der Waals surface area contributed by atoms with Gasteiger partial charge in [0, 0.05) is 49.4 Å². The molecule has 0 saturated heterocycles. The largest absolute Gasteiger partial charge is 0.455 e. The molecule has 0 spiro atoms. The summed E-state index contributed by atoms with van der Waals surface area (Å²) in [5, 5.41) is 6.23. The van der Waals surface area contributed by atoms with Crippen molar-refractivity contribution < 1.29 is 4.42 Å². The third-order valence-electron chi connectivity index (χ3n) is 12.9. The molecule has 0 N–H and O–H groups in total. The highest BCUT2D eigenvalue weighted by Crippen LogP contribution is 2.47. The Morgan fingerprint density at radius 2 is 0.776 bits per heavy atom. The minimum absolute atomic E-state index is 0.536. The van der Waals surface area contributed by atoms with Gasteiger partial charge < -0.3 is 9.32 Å². The second-order valence-corrected chi connectivity index (χ2v) is 16.8. The maximum Gasteiger partial charge on any atom is 0.238 e. The number of benzene rings is 10. The predicted octanol–water partition coefficient (Wildman–Crippen LogP) is 16.2. The Morgan fingerprint density at radius 3 is 1.33 bits per heavy atom. The minimum atomic E-state index is 0.536. The van der Waals surface area contributed by atoms with E-state index in [1.807, 2.05) is 60.7 Å². The van der Waals surface area contributed by atoms with Gasteiger partial charge in [-0.05, 0) is 70.8 Å². The molecule has 13 aromatic rings. The zero-order valence-corrected chi connectivity index (χ0v) is 36.2. The number of hydrogen-bond acceptors (Lipinski definition) is 5. The number of furan rings is 1. The smallest absolute Gasteiger partial charge is 0.238 e. The van der Waals surface area contributed by atoms with E-state index in [1.165, 1.54) is 11.1 Å². The third kappa shape index (κ3) is 6.53. The molecule has 13 rings (SSSR count). The summed E-state index contributed by atoms with van der Waals surface area (Å²) in [5.41, 5.74) is 13.3. The van der Waals surface area contributed by atoms with Gasteiger partial charge in [-0.1, -0.05) is 188 Å². The average molecular weight is 858 g/mol. The Labute approximate surface area is 386 Å². The lowest BCUT2D eigenvalue weighted by atomic mass is 10.00. The summed E-state index contributed by atoms with van der Waals surface area (Å²) in [6, 6.07) is 82.8. The highest BCUT2D eigenvalue weighted by molar-refractivity contribution is 6.27. The second kappa shape index (κ2) is 15.8. The third-order valence-corrected chi connectivity index (χ3v) is 12.9. The number of hydrogen-bond donors (Lipinski definition) is 0. The lowest BCUT2D eigenvalue weighted by Gasteiger charge is -2.27. The van der Waals surface area contributed by atoms with Gasteiger partial charge in [-0.2, -0.15) is 9.97 Å². The molecule has 3 aromatic heterocycles. The zero-order chi connectivity index (χ0) is 44.3. The van der Waals surface area contributed by atoms with E-state index in [1.54, 1.807) is 0 Å². The first-order chi connectivity index (χ1) is 33.2. The van der Waals surface area contributed by atoms with Gasteiger partial charge in [-0.25, -0.2) is 4.98 Å². The molecule has 0 radical (unpaired) electrons. The van der Waals surface area contributed by atoms with Gasteiger partial charge in [0.05, 0.1) is 22.1 Å². The molecule has 6 heteroatoms. The SMILES string of the molecule is c1ccc(-c2ccc(N(c3ccc(-c4ccccc4)cc3)c3cc4c5ccc6c(c7ccccc7n6-c6nc(-c7ccccc7)nc(-c7ccccc7)n6)c5oc4c4ccccc34)cc2)cc1. The molecule has 0 atom stereocenters. The molecule has 0 aliphatic carbocycles. The number of para-hydroxylation sites is 1. The number of anilines is 3. The number of rotatable bonds is 8. The van der Waals surface area contributed by atoms with E-state index in [-0.39, 0.29) is 0 Å². The molecule has 0 amide bonds. The fourth-order valence-corrected chi connectivity index (χ4v) is 9.68. The van der Waals surface area contributed by atoms with Crippen LogP contribution >= 0.6 is 0 Å². The van der Waals surface area contributed by atoms with Crippen molar-refractivity contribution in [3.63, 3.8) is 0 Å². The highest BCUT2D eigenvalue weighted by Gasteiger charge is 2.25. The number of fused-ring (bicyclic) bond motifs is 9. The minimum Gasteiger partial charge on any atom is -0.455 e. The molecule has 0 bridgehead atoms. The van der Waals surface area contributed by atoms with E-state index in [9.17, 15) is 0 Å². The fraction of sp³-hybridized carbons (Fsp3) is 0. The van der Waals surface area contributed by atoms with Crippen molar-refractivity contribution in [1.82, 2.24) is 19.5 Å². The van der Waals surface area contributed by atoms with Crippen molar-refractivity contribution in [2.75, 3.05) is 4.90 Å². The maximum absolute atomic E-state index is 7.21. The molecule has 6 nitrogen and oxygen atoms in total. The lowest BCUT2D eigenvalue weighted by molar-refractivity contribution is 0.676. The molecule has 0 saturated carbocycles. The monoisotopic (exact) mass is 857 g/mol. The summed E-state index contributed by atoms with van der Waals surface area (Å²) in [6.45, 7) is 0. The first-order valence-electron chi connectivity index (χ1n) is 22.5. The van der Waals surface area contributed by atoms with E-state index in [0.29, 0.717) is 17.6 Å². The number of nitrogens with zero attached hydrogens (tertiary/aromatic N) is 5. The van der Waals surface area contributed by atoms with Crippen molar-refractivity contribution in [1.29, 1.82) is 0 Å². The van der Waals surface area contributed by atoms with Crippen LogP contribution in [-0.4, -0.2) is 19.5 Å². The van der Waals surface area contributed by atoms with Crippen LogP contribution in [-0.2, 0) is 0 Å². The molecule has 67 heavy (non-hydrogen) atoms. The van der Waals surface area contributed by atoms with Gasteiger partial charge in [0.15, 0.2) is 11.6 Å². The van der Waals surface area contributed by atoms with Crippen LogP contribution in [0.25, 0.3) is 105 Å². The van der Waals surface area contributed by atoms with Gasteiger partial charge in [0.2, 0.25) is 5.95 Å². The van der Waals surface area contributed by atoms with E-state index in [4.69, 9.17) is 19.4 Å². The molecular weight excluding hydrogens is 819 g/mol. The molecule has 314 valence electrons. The summed E-state index contributed by atoms with van der Waals surface area (Å²) in [7, 11) is 0. The molecular formula is C61H39N5O. The Hall–Kier alpha value is -9.13. The summed E-state index contributed by atoms with van der Waals surface area (Å²) in [5.74, 6) is 1.75. The summed E-state index contributed by atoms with van der Waals surface area (Å²) in [4.78, 5) is 17.7. The van der Waals surface area contributed by atoms with Crippen molar-refractivity contribution in [3.05, 3.63) is 237 Å². The molecule has 0 fully saturated rings. The maximum atomic E-state index is 7.21. The second-order valence-electron chi connectivity index (χ2n) is 16.8. The first kappa shape index (κ1) is 38.3. The van der Waals surface area contributed by atoms with Gasteiger partial charge >= 0.3 is 0 Å². The normalized spacial score (nSPS) is 11.6. The van der Waals surface area contributed by atoms with Crippen molar-refractivity contribution in [2.45, 2.75) is 0 Å². The van der Waals surface area contributed by atoms with Gasteiger partial charge in [0.1, 0.15) is 11.2 Å². The fourth-order valence-electron chi connectivity index (χ4n) is 9.68. The summed E-state index contributed by atoms with van der Waals surface area (Å²) in [6.07, 6.45) is 0. The van der Waals surface area contributed by atoms with Crippen LogP contribution in [0.3, 0.4) is 0 Å². The number of aromatic nitrogens is 4. The van der Waals surface area contributed by atoms with Crippen LogP contribution in [0.15, 0.2) is 241 Å². The summed E-state index contributed by atoms with van der Waals surface area (Å²) >= 11 is 0. The van der Waals surface area contributed by atoms with Gasteiger partial charge in [-0.3, -0.25) is 4.57 Å². The molecule has 0 unspecified atom stereocenters. The Kier molecular flexibility index (Phi) is 9.06. The van der Waals surface area contributed by atoms with Gasteiger partial charge in [0.25, 0.3) is 0 Å². The highest BCUT2D eigenvalue weighted by atomic mass is 16.3. The predicted molar refractivity (Wildman–Crippen MR) is 275 cm³/mol. The van der Waals surface area contributed by atoms with E-state index >= 15 is 0 Å². The Balaban J connectivity index is 1.04. The Morgan fingerprint density at radius 1 is 0.328 bits per heavy atom. The molecule has 0 aliphatic rings. The van der Waals surface area contributed by atoms with E-state index in [0.717, 1.165) is 93.8 Å². The van der Waals surface area contributed by atoms with Crippen LogP contribution in [0.1, 0.15) is 0 Å². The standard InChI is InChI=1S/C61H39N5O/c1-5-17-40(18-6-1)42-29-33-46(34-30-42)65(47-35-31-43(32-36-47)41-19-7-2-8-20-41)55-39-52-50-37-38-54-56(58(50)67-57(52)49-26-14-13-25-48(49)55)51-27-15-16-28-53(51)66(54)61-63-59(44-21-9-3-10-22-44)62-60(64-61)45-23-11-4-12-24-45/h1-39H. The van der Waals surface area contributed by atoms with Crippen LogP contribution in [0.5, 0.6) is 0 Å². The molecule has 3 heterocycles. The summed E-state index contributed by atoms with van der Waals surface area (Å²) < 4.78 is 9.37. The average Bonchev–Trinajstić information content (AvgIpc) is 3.96. The van der Waals surface area contributed by atoms with Crippen molar-refractivity contribution in [2.24, 2.45) is 0 Å². The van der Waals surface area contributed by atoms with Crippen molar-refractivity contribution in [3.8, 4) is 51.0 Å². The van der Waals surface area contributed by atoms with Gasteiger partial charge in [-0.15, -0.1) is 0 Å². The van der Waals surface area contributed by atoms with E-state index in [2.05, 4.69) is 185 Å². The Bertz CT molecular complexity index is 3800.